The smallest absolute Gasteiger partial charge is 0.410 e. The highest BCUT2D eigenvalue weighted by molar-refractivity contribution is 14.1. The minimum atomic E-state index is -4.43. The molecule has 4 rings (SSSR count). The number of hydrogen-bond acceptors (Lipinski definition) is 4. The zero-order valence-electron chi connectivity index (χ0n) is 24.0. The summed E-state index contributed by atoms with van der Waals surface area (Å²) in [5.74, 6) is 0.112. The second-order valence-corrected chi connectivity index (χ2v) is 19.2. The molecule has 1 aliphatic heterocycles. The standard InChI is InChI=1S/C30H41F3INO3Si/c1-28(2,3)39(6,7)38-22-17-29(4,5)16-21-23(22)25(34)24(26(35-21)18-12-14-37-15-13-18)27(36)19-8-10-20(11-9-19)30(31,32)33/h8-11,18,22,27,36H,12-17H2,1-7H3/t22?,27-/m1/s1. The molecular weight excluding hydrogens is 634 g/mol. The quantitative estimate of drug-likeness (QED) is 0.255. The van der Waals surface area contributed by atoms with Crippen LogP contribution < -0.4 is 0 Å². The lowest BCUT2D eigenvalue weighted by molar-refractivity contribution is -0.137. The van der Waals surface area contributed by atoms with Gasteiger partial charge in [0.1, 0.15) is 6.10 Å². The van der Waals surface area contributed by atoms with Crippen LogP contribution in [0.4, 0.5) is 13.2 Å². The van der Waals surface area contributed by atoms with E-state index in [9.17, 15) is 18.3 Å². The third-order valence-corrected chi connectivity index (χ3v) is 14.3. The van der Waals surface area contributed by atoms with Crippen molar-refractivity contribution in [1.29, 1.82) is 0 Å². The predicted octanol–water partition coefficient (Wildman–Crippen LogP) is 8.72. The number of halogens is 4. The van der Waals surface area contributed by atoms with Crippen molar-refractivity contribution in [2.24, 2.45) is 5.41 Å². The fourth-order valence-electron chi connectivity index (χ4n) is 5.44. The third-order valence-electron chi connectivity index (χ3n) is 8.70. The number of fused-ring (bicyclic) bond motifs is 1. The molecule has 2 atom stereocenters. The van der Waals surface area contributed by atoms with Crippen molar-refractivity contribution in [2.75, 3.05) is 13.2 Å². The molecule has 0 spiro atoms. The molecule has 2 aromatic rings. The van der Waals surface area contributed by atoms with E-state index in [0.717, 1.165) is 58.3 Å². The number of alkyl halides is 3. The molecule has 4 nitrogen and oxygen atoms in total. The van der Waals surface area contributed by atoms with Gasteiger partial charge in [0.2, 0.25) is 0 Å². The maximum Gasteiger partial charge on any atom is 0.416 e. The Bertz CT molecular complexity index is 1190. The van der Waals surface area contributed by atoms with Crippen LogP contribution in [0, 0.1) is 8.99 Å². The first-order valence-electron chi connectivity index (χ1n) is 13.7. The summed E-state index contributed by atoms with van der Waals surface area (Å²) < 4.78 is 53.3. The first-order valence-corrected chi connectivity index (χ1v) is 17.7. The number of rotatable bonds is 5. The minimum absolute atomic E-state index is 0.00336. The predicted molar refractivity (Wildman–Crippen MR) is 158 cm³/mol. The number of ether oxygens (including phenoxy) is 1. The first kappa shape index (κ1) is 30.9. The summed E-state index contributed by atoms with van der Waals surface area (Å²) in [6.07, 6.45) is -2.45. The van der Waals surface area contributed by atoms with E-state index in [0.29, 0.717) is 24.3 Å². The number of aliphatic hydroxyl groups is 1. The van der Waals surface area contributed by atoms with Gasteiger partial charge in [-0.15, -0.1) is 0 Å². The second-order valence-electron chi connectivity index (χ2n) is 13.4. The van der Waals surface area contributed by atoms with Crippen LogP contribution in [0.3, 0.4) is 0 Å². The Labute approximate surface area is 245 Å². The van der Waals surface area contributed by atoms with Crippen LogP contribution in [-0.2, 0) is 21.8 Å². The van der Waals surface area contributed by atoms with Crippen molar-refractivity contribution >= 4 is 30.9 Å². The van der Waals surface area contributed by atoms with Crippen molar-refractivity contribution in [3.05, 3.63) is 61.5 Å². The summed E-state index contributed by atoms with van der Waals surface area (Å²) in [6, 6.07) is 4.83. The molecule has 1 aliphatic carbocycles. The molecule has 1 unspecified atom stereocenters. The van der Waals surface area contributed by atoms with Gasteiger partial charge in [-0.05, 0) is 89.5 Å². The average Bonchev–Trinajstić information content (AvgIpc) is 2.81. The van der Waals surface area contributed by atoms with Crippen LogP contribution in [0.15, 0.2) is 24.3 Å². The van der Waals surface area contributed by atoms with Crippen LogP contribution in [-0.4, -0.2) is 31.6 Å². The van der Waals surface area contributed by atoms with Crippen LogP contribution >= 0.6 is 22.6 Å². The van der Waals surface area contributed by atoms with Crippen LogP contribution in [0.5, 0.6) is 0 Å². The van der Waals surface area contributed by atoms with Gasteiger partial charge in [-0.25, -0.2) is 0 Å². The number of pyridine rings is 1. The fourth-order valence-corrected chi connectivity index (χ4v) is 7.93. The summed E-state index contributed by atoms with van der Waals surface area (Å²) in [5, 5.41) is 11.8. The summed E-state index contributed by atoms with van der Waals surface area (Å²) in [6.45, 7) is 16.9. The normalized spacial score (nSPS) is 21.5. The van der Waals surface area contributed by atoms with Gasteiger partial charge in [0, 0.05) is 39.5 Å². The Kier molecular flexibility index (Phi) is 8.73. The highest BCUT2D eigenvalue weighted by Gasteiger charge is 2.45. The zero-order valence-corrected chi connectivity index (χ0v) is 27.2. The van der Waals surface area contributed by atoms with E-state index in [1.807, 2.05) is 0 Å². The second kappa shape index (κ2) is 11.0. The Morgan fingerprint density at radius 1 is 1.10 bits per heavy atom. The van der Waals surface area contributed by atoms with Crippen molar-refractivity contribution in [3.63, 3.8) is 0 Å². The van der Waals surface area contributed by atoms with Crippen molar-refractivity contribution in [2.45, 2.75) is 103 Å². The van der Waals surface area contributed by atoms with Gasteiger partial charge in [0.15, 0.2) is 8.32 Å². The lowest BCUT2D eigenvalue weighted by atomic mass is 9.74. The van der Waals surface area contributed by atoms with E-state index in [1.165, 1.54) is 12.1 Å². The largest absolute Gasteiger partial charge is 0.416 e. The first-order chi connectivity index (χ1) is 17.9. The van der Waals surface area contributed by atoms with Crippen molar-refractivity contribution in [3.8, 4) is 0 Å². The molecule has 216 valence electrons. The fraction of sp³-hybridized carbons (Fsp3) is 0.633. The highest BCUT2D eigenvalue weighted by atomic mass is 127. The number of nitrogens with zero attached hydrogens (tertiary/aromatic N) is 1. The molecule has 1 fully saturated rings. The molecular formula is C30H41F3INO3Si. The lowest BCUT2D eigenvalue weighted by Crippen LogP contribution is -2.44. The van der Waals surface area contributed by atoms with Gasteiger partial charge >= 0.3 is 6.18 Å². The molecule has 9 heteroatoms. The van der Waals surface area contributed by atoms with E-state index in [4.69, 9.17) is 14.1 Å². The summed E-state index contributed by atoms with van der Waals surface area (Å²) in [4.78, 5) is 5.27. The van der Waals surface area contributed by atoms with Gasteiger partial charge in [-0.2, -0.15) is 13.2 Å². The molecule has 0 saturated carbocycles. The van der Waals surface area contributed by atoms with E-state index < -0.39 is 26.2 Å². The Balaban J connectivity index is 1.88. The molecule has 2 aliphatic rings. The molecule has 2 heterocycles. The van der Waals surface area contributed by atoms with Crippen LogP contribution in [0.1, 0.15) is 106 Å². The van der Waals surface area contributed by atoms with E-state index in [-0.39, 0.29) is 22.5 Å². The van der Waals surface area contributed by atoms with E-state index >= 15 is 0 Å². The Hall–Kier alpha value is -1.01. The molecule has 0 amide bonds. The topological polar surface area (TPSA) is 51.6 Å². The summed E-state index contributed by atoms with van der Waals surface area (Å²) in [5.41, 5.74) is 3.29. The monoisotopic (exact) mass is 675 g/mol. The zero-order chi connectivity index (χ0) is 29.0. The number of aliphatic hydroxyl groups excluding tert-OH is 1. The molecule has 0 radical (unpaired) electrons. The van der Waals surface area contributed by atoms with Gasteiger partial charge in [0.05, 0.1) is 17.4 Å². The number of hydrogen-bond donors (Lipinski definition) is 1. The summed E-state index contributed by atoms with van der Waals surface area (Å²) in [7, 11) is -2.14. The third kappa shape index (κ3) is 6.57. The Morgan fingerprint density at radius 2 is 1.69 bits per heavy atom. The van der Waals surface area contributed by atoms with Crippen LogP contribution in [0.25, 0.3) is 0 Å². The molecule has 1 N–H and O–H groups in total. The molecule has 0 bridgehead atoms. The van der Waals surface area contributed by atoms with E-state index in [2.05, 4.69) is 70.3 Å². The van der Waals surface area contributed by atoms with Gasteiger partial charge in [0.25, 0.3) is 0 Å². The van der Waals surface area contributed by atoms with E-state index in [1.54, 1.807) is 0 Å². The lowest BCUT2D eigenvalue weighted by Gasteiger charge is -2.45. The van der Waals surface area contributed by atoms with Gasteiger partial charge < -0.3 is 14.3 Å². The maximum absolute atomic E-state index is 13.2. The van der Waals surface area contributed by atoms with Crippen molar-refractivity contribution < 1.29 is 27.4 Å². The molecule has 39 heavy (non-hydrogen) atoms. The van der Waals surface area contributed by atoms with Crippen molar-refractivity contribution in [1.82, 2.24) is 4.98 Å². The number of aromatic nitrogens is 1. The molecule has 1 saturated heterocycles. The minimum Gasteiger partial charge on any atom is -0.410 e. The summed E-state index contributed by atoms with van der Waals surface area (Å²) >= 11 is 2.33. The average molecular weight is 676 g/mol. The van der Waals surface area contributed by atoms with Crippen LogP contribution in [0.2, 0.25) is 18.1 Å². The van der Waals surface area contributed by atoms with Gasteiger partial charge in [-0.3, -0.25) is 4.98 Å². The Morgan fingerprint density at radius 3 is 2.23 bits per heavy atom. The number of benzene rings is 1. The molecule has 1 aromatic carbocycles. The maximum atomic E-state index is 13.2. The SMILES string of the molecule is CC1(C)Cc2nc(C3CCOCC3)c([C@H](O)c3ccc(C(F)(F)F)cc3)c(I)c2C(O[Si](C)(C)C(C)(C)C)C1. The highest BCUT2D eigenvalue weighted by Crippen LogP contribution is 2.50. The van der Waals surface area contributed by atoms with Gasteiger partial charge in [-0.1, -0.05) is 46.8 Å². The molecule has 1 aromatic heterocycles.